The van der Waals surface area contributed by atoms with Crippen molar-refractivity contribution in [2.24, 2.45) is 0 Å². The van der Waals surface area contributed by atoms with Crippen LogP contribution in [-0.4, -0.2) is 31.1 Å². The smallest absolute Gasteiger partial charge is 0.207 e. The van der Waals surface area contributed by atoms with E-state index < -0.39 is 15.8 Å². The van der Waals surface area contributed by atoms with Crippen molar-refractivity contribution in [3.63, 3.8) is 0 Å². The van der Waals surface area contributed by atoms with E-state index in [-0.39, 0.29) is 4.90 Å². The summed E-state index contributed by atoms with van der Waals surface area (Å²) < 4.78 is 39.0. The van der Waals surface area contributed by atoms with Gasteiger partial charge in [-0.25, -0.2) is 12.8 Å². The third-order valence-corrected chi connectivity index (χ3v) is 4.93. The van der Waals surface area contributed by atoms with E-state index in [1.54, 1.807) is 13.8 Å². The molecule has 1 rings (SSSR count). The molecule has 0 heterocycles. The van der Waals surface area contributed by atoms with Gasteiger partial charge in [-0.1, -0.05) is 28.9 Å². The van der Waals surface area contributed by atoms with Crippen molar-refractivity contribution < 1.29 is 12.8 Å². The summed E-state index contributed by atoms with van der Waals surface area (Å²) in [6, 6.07) is 3.81. The van der Waals surface area contributed by atoms with Gasteiger partial charge in [-0.05, 0) is 24.6 Å². The zero-order valence-corrected chi connectivity index (χ0v) is 12.2. The number of hydrogen-bond donors (Lipinski definition) is 0. The molecular weight excluding hydrogens is 309 g/mol. The molecule has 0 amide bonds. The molecule has 0 aliphatic carbocycles. The van der Waals surface area contributed by atoms with Crippen LogP contribution in [0.25, 0.3) is 0 Å². The van der Waals surface area contributed by atoms with Gasteiger partial charge in [0.1, 0.15) is 5.82 Å². The Morgan fingerprint density at radius 2 is 2.06 bits per heavy atom. The summed E-state index contributed by atoms with van der Waals surface area (Å²) in [6.45, 7) is 4.15. The van der Waals surface area contributed by atoms with E-state index in [4.69, 9.17) is 0 Å². The van der Waals surface area contributed by atoms with Crippen LogP contribution < -0.4 is 0 Å². The Balaban J connectivity index is 3.24. The van der Waals surface area contributed by atoms with Crippen LogP contribution in [0.5, 0.6) is 0 Å². The van der Waals surface area contributed by atoms with Crippen LogP contribution in [0, 0.1) is 12.7 Å². The predicted octanol–water partition coefficient (Wildman–Crippen LogP) is 2.54. The molecule has 0 radical (unpaired) electrons. The number of benzene rings is 1. The number of hydrogen-bond acceptors (Lipinski definition) is 2. The second-order valence-electron chi connectivity index (χ2n) is 3.60. The minimum atomic E-state index is -3.60. The molecule has 0 fully saturated rings. The van der Waals surface area contributed by atoms with Crippen LogP contribution in [0.2, 0.25) is 0 Å². The topological polar surface area (TPSA) is 37.4 Å². The van der Waals surface area contributed by atoms with Crippen molar-refractivity contribution in [3.8, 4) is 0 Å². The van der Waals surface area contributed by atoms with Gasteiger partial charge in [-0.15, -0.1) is 0 Å². The van der Waals surface area contributed by atoms with Gasteiger partial charge in [0.25, 0.3) is 0 Å². The van der Waals surface area contributed by atoms with Crippen LogP contribution in [0.15, 0.2) is 23.1 Å². The summed E-state index contributed by atoms with van der Waals surface area (Å²) in [7, 11) is -3.60. The maximum absolute atomic E-state index is 13.1. The highest BCUT2D eigenvalue weighted by Gasteiger charge is 2.24. The van der Waals surface area contributed by atoms with Crippen molar-refractivity contribution in [3.05, 3.63) is 29.6 Å². The molecule has 1 aromatic rings. The fourth-order valence-corrected chi connectivity index (χ4v) is 3.88. The van der Waals surface area contributed by atoms with Gasteiger partial charge >= 0.3 is 0 Å². The Kier molecular flexibility index (Phi) is 5.09. The van der Waals surface area contributed by atoms with Crippen molar-refractivity contribution >= 4 is 26.0 Å². The summed E-state index contributed by atoms with van der Waals surface area (Å²) in [5.74, 6) is -0.538. The van der Waals surface area contributed by atoms with Gasteiger partial charge in [0, 0.05) is 18.4 Å². The largest absolute Gasteiger partial charge is 0.243 e. The first kappa shape index (κ1) is 14.6. The lowest BCUT2D eigenvalue weighted by atomic mass is 10.2. The first-order valence-corrected chi connectivity index (χ1v) is 7.82. The van der Waals surface area contributed by atoms with E-state index in [0.29, 0.717) is 24.0 Å². The molecule has 0 saturated heterocycles. The fourth-order valence-electron chi connectivity index (χ4n) is 1.53. The third-order valence-electron chi connectivity index (χ3n) is 2.45. The maximum Gasteiger partial charge on any atom is 0.243 e. The highest BCUT2D eigenvalue weighted by Crippen LogP contribution is 2.20. The molecule has 6 heteroatoms. The molecule has 0 N–H and O–H groups in total. The maximum atomic E-state index is 13.1. The monoisotopic (exact) mass is 323 g/mol. The second-order valence-corrected chi connectivity index (χ2v) is 6.29. The molecule has 96 valence electrons. The van der Waals surface area contributed by atoms with Crippen molar-refractivity contribution in [2.45, 2.75) is 18.7 Å². The van der Waals surface area contributed by atoms with Gasteiger partial charge in [-0.2, -0.15) is 4.31 Å². The van der Waals surface area contributed by atoms with Gasteiger partial charge in [0.05, 0.1) is 4.90 Å². The third kappa shape index (κ3) is 3.26. The highest BCUT2D eigenvalue weighted by atomic mass is 79.9. The number of sulfonamides is 1. The molecular formula is C11H15BrFNO2S. The minimum Gasteiger partial charge on any atom is -0.207 e. The molecule has 0 saturated carbocycles. The molecule has 0 aromatic heterocycles. The summed E-state index contributed by atoms with van der Waals surface area (Å²) in [6.07, 6.45) is 0. The Morgan fingerprint density at radius 3 is 2.59 bits per heavy atom. The standard InChI is InChI=1S/C11H15BrFNO2S/c1-3-14(7-6-12)17(15,16)11-8-10(13)5-4-9(11)2/h4-5,8H,3,6-7H2,1-2H3. The average molecular weight is 324 g/mol. The lowest BCUT2D eigenvalue weighted by molar-refractivity contribution is 0.447. The quantitative estimate of drug-likeness (QED) is 0.781. The molecule has 0 aliphatic heterocycles. The minimum absolute atomic E-state index is 0.0419. The summed E-state index contributed by atoms with van der Waals surface area (Å²) in [5, 5.41) is 0.550. The zero-order chi connectivity index (χ0) is 13.1. The Bertz CT molecular complexity index is 490. The van der Waals surface area contributed by atoms with Gasteiger partial charge in [-0.3, -0.25) is 0 Å². The van der Waals surface area contributed by atoms with Crippen molar-refractivity contribution in [2.75, 3.05) is 18.4 Å². The Hall–Kier alpha value is -0.460. The first-order valence-electron chi connectivity index (χ1n) is 5.25. The zero-order valence-electron chi connectivity index (χ0n) is 9.78. The van der Waals surface area contributed by atoms with Gasteiger partial charge in [0.15, 0.2) is 0 Å². The SMILES string of the molecule is CCN(CCBr)S(=O)(=O)c1cc(F)ccc1C. The van der Waals surface area contributed by atoms with E-state index in [2.05, 4.69) is 15.9 Å². The van der Waals surface area contributed by atoms with E-state index in [1.165, 1.54) is 16.4 Å². The highest BCUT2D eigenvalue weighted by molar-refractivity contribution is 9.09. The first-order chi connectivity index (χ1) is 7.93. The lowest BCUT2D eigenvalue weighted by Crippen LogP contribution is -2.33. The molecule has 0 unspecified atom stereocenters. The van der Waals surface area contributed by atoms with Gasteiger partial charge < -0.3 is 0 Å². The Morgan fingerprint density at radius 1 is 1.41 bits per heavy atom. The molecule has 3 nitrogen and oxygen atoms in total. The summed E-state index contributed by atoms with van der Waals surface area (Å²) in [5.41, 5.74) is 0.555. The van der Waals surface area contributed by atoms with Crippen LogP contribution in [-0.2, 0) is 10.0 Å². The normalized spacial score (nSPS) is 12.1. The van der Waals surface area contributed by atoms with Crippen molar-refractivity contribution in [1.29, 1.82) is 0 Å². The van der Waals surface area contributed by atoms with E-state index in [1.807, 2.05) is 0 Å². The molecule has 1 aromatic carbocycles. The summed E-state index contributed by atoms with van der Waals surface area (Å²) >= 11 is 3.21. The fraction of sp³-hybridized carbons (Fsp3) is 0.455. The number of rotatable bonds is 5. The second kappa shape index (κ2) is 5.93. The average Bonchev–Trinajstić information content (AvgIpc) is 2.28. The molecule has 0 atom stereocenters. The van der Waals surface area contributed by atoms with Crippen LogP contribution in [0.3, 0.4) is 0 Å². The molecule has 0 aliphatic rings. The van der Waals surface area contributed by atoms with E-state index >= 15 is 0 Å². The van der Waals surface area contributed by atoms with Crippen LogP contribution in [0.1, 0.15) is 12.5 Å². The molecule has 0 spiro atoms. The molecule has 0 bridgehead atoms. The van der Waals surface area contributed by atoms with Gasteiger partial charge in [0.2, 0.25) is 10.0 Å². The van der Waals surface area contributed by atoms with Crippen LogP contribution in [0.4, 0.5) is 4.39 Å². The molecule has 17 heavy (non-hydrogen) atoms. The predicted molar refractivity (Wildman–Crippen MR) is 69.4 cm³/mol. The number of alkyl halides is 1. The Labute approximate surface area is 110 Å². The number of nitrogens with zero attached hydrogens (tertiary/aromatic N) is 1. The number of aryl methyl sites for hydroxylation is 1. The summed E-state index contributed by atoms with van der Waals surface area (Å²) in [4.78, 5) is 0.0419. The lowest BCUT2D eigenvalue weighted by Gasteiger charge is -2.20. The van der Waals surface area contributed by atoms with E-state index in [0.717, 1.165) is 6.07 Å². The van der Waals surface area contributed by atoms with E-state index in [9.17, 15) is 12.8 Å². The number of halogens is 2. The van der Waals surface area contributed by atoms with Crippen molar-refractivity contribution in [1.82, 2.24) is 4.31 Å². The van der Waals surface area contributed by atoms with Crippen LogP contribution >= 0.6 is 15.9 Å².